The minimum absolute atomic E-state index is 0.250. The second kappa shape index (κ2) is 8.54. The molecule has 0 heterocycles. The van der Waals surface area contributed by atoms with Crippen LogP contribution in [0.2, 0.25) is 5.02 Å². The predicted molar refractivity (Wildman–Crippen MR) is 106 cm³/mol. The number of nitrogens with one attached hydrogen (secondary N) is 1. The Morgan fingerprint density at radius 3 is 2.38 bits per heavy atom. The lowest BCUT2D eigenvalue weighted by Gasteiger charge is -2.13. The van der Waals surface area contributed by atoms with Crippen LogP contribution < -0.4 is 10.1 Å². The molecule has 0 aromatic heterocycles. The Balaban J connectivity index is 1.76. The van der Waals surface area contributed by atoms with Crippen molar-refractivity contribution in [1.29, 1.82) is 0 Å². The second-order valence-corrected chi connectivity index (χ2v) is 6.36. The van der Waals surface area contributed by atoms with Gasteiger partial charge in [-0.2, -0.15) is 0 Å². The maximum Gasteiger partial charge on any atom is 0.259 e. The molecule has 0 saturated carbocycles. The third kappa shape index (κ3) is 4.64. The molecule has 4 heteroatoms. The minimum atomic E-state index is -0.250. The highest BCUT2D eigenvalue weighted by Gasteiger charge is 2.14. The molecule has 0 spiro atoms. The van der Waals surface area contributed by atoms with E-state index in [2.05, 4.69) is 12.2 Å². The van der Waals surface area contributed by atoms with Gasteiger partial charge in [-0.1, -0.05) is 61.0 Å². The Kier molecular flexibility index (Phi) is 5.92. The lowest BCUT2D eigenvalue weighted by Crippen LogP contribution is -2.13. The highest BCUT2D eigenvalue weighted by Crippen LogP contribution is 2.25. The number of halogens is 1. The predicted octanol–water partition coefficient (Wildman–Crippen LogP) is 5.73. The van der Waals surface area contributed by atoms with E-state index < -0.39 is 0 Å². The third-order valence-electron chi connectivity index (χ3n) is 4.04. The molecule has 3 aromatic carbocycles. The van der Waals surface area contributed by atoms with E-state index in [1.165, 1.54) is 5.56 Å². The number of hydrogen-bond donors (Lipinski definition) is 1. The number of benzene rings is 3. The van der Waals surface area contributed by atoms with Gasteiger partial charge in [0.1, 0.15) is 12.4 Å². The van der Waals surface area contributed by atoms with Crippen molar-refractivity contribution >= 4 is 23.2 Å². The monoisotopic (exact) mass is 365 g/mol. The smallest absolute Gasteiger partial charge is 0.259 e. The van der Waals surface area contributed by atoms with Crippen LogP contribution >= 0.6 is 11.6 Å². The Morgan fingerprint density at radius 1 is 0.962 bits per heavy atom. The van der Waals surface area contributed by atoms with Crippen LogP contribution in [-0.2, 0) is 13.0 Å². The molecule has 0 saturated heterocycles. The molecule has 1 N–H and O–H groups in total. The molecule has 0 atom stereocenters. The summed E-state index contributed by atoms with van der Waals surface area (Å²) < 4.78 is 5.85. The normalized spacial score (nSPS) is 10.4. The van der Waals surface area contributed by atoms with E-state index in [1.54, 1.807) is 18.2 Å². The van der Waals surface area contributed by atoms with E-state index in [9.17, 15) is 4.79 Å². The molecule has 0 aliphatic heterocycles. The highest BCUT2D eigenvalue weighted by molar-refractivity contribution is 6.31. The second-order valence-electron chi connectivity index (χ2n) is 5.92. The van der Waals surface area contributed by atoms with Crippen LogP contribution in [0.5, 0.6) is 5.75 Å². The summed E-state index contributed by atoms with van der Waals surface area (Å²) in [4.78, 5) is 12.7. The van der Waals surface area contributed by atoms with Crippen molar-refractivity contribution in [3.05, 3.63) is 94.5 Å². The first-order valence-electron chi connectivity index (χ1n) is 8.52. The summed E-state index contributed by atoms with van der Waals surface area (Å²) in [7, 11) is 0. The molecule has 1 amide bonds. The average molecular weight is 366 g/mol. The summed E-state index contributed by atoms with van der Waals surface area (Å²) in [6.07, 6.45) is 0.958. The Hall–Kier alpha value is -2.78. The molecule has 0 unspecified atom stereocenters. The Bertz CT molecular complexity index is 876. The zero-order valence-electron chi connectivity index (χ0n) is 14.5. The van der Waals surface area contributed by atoms with E-state index in [4.69, 9.17) is 16.3 Å². The maximum absolute atomic E-state index is 12.7. The average Bonchev–Trinajstić information content (AvgIpc) is 2.68. The summed E-state index contributed by atoms with van der Waals surface area (Å²) in [5.41, 5.74) is 3.40. The fraction of sp³-hybridized carbons (Fsp3) is 0.136. The molecule has 132 valence electrons. The van der Waals surface area contributed by atoms with Gasteiger partial charge in [-0.25, -0.2) is 0 Å². The summed E-state index contributed by atoms with van der Waals surface area (Å²) >= 11 is 6.09. The standard InChI is InChI=1S/C22H20ClNO2/c1-2-16-8-11-19(12-9-16)24-22(25)20-14-18(23)10-13-21(20)26-15-17-6-4-3-5-7-17/h3-14H,2,15H2,1H3,(H,24,25). The zero-order chi connectivity index (χ0) is 18.4. The van der Waals surface area contributed by atoms with Crippen LogP contribution in [0.4, 0.5) is 5.69 Å². The first-order chi connectivity index (χ1) is 12.7. The lowest BCUT2D eigenvalue weighted by molar-refractivity contribution is 0.102. The number of rotatable bonds is 6. The van der Waals surface area contributed by atoms with Crippen molar-refractivity contribution in [2.24, 2.45) is 0 Å². The van der Waals surface area contributed by atoms with Gasteiger partial charge in [-0.05, 0) is 47.9 Å². The highest BCUT2D eigenvalue weighted by atomic mass is 35.5. The van der Waals surface area contributed by atoms with Gasteiger partial charge in [0.15, 0.2) is 0 Å². The van der Waals surface area contributed by atoms with E-state index in [0.717, 1.165) is 17.7 Å². The lowest BCUT2D eigenvalue weighted by atomic mass is 10.1. The van der Waals surface area contributed by atoms with Crippen molar-refractivity contribution in [3.63, 3.8) is 0 Å². The SMILES string of the molecule is CCc1ccc(NC(=O)c2cc(Cl)ccc2OCc2ccccc2)cc1. The topological polar surface area (TPSA) is 38.3 Å². The maximum atomic E-state index is 12.7. The van der Waals surface area contributed by atoms with Crippen LogP contribution in [-0.4, -0.2) is 5.91 Å². The molecule has 3 aromatic rings. The number of ether oxygens (including phenoxy) is 1. The molecule has 0 aliphatic rings. The van der Waals surface area contributed by atoms with Gasteiger partial charge < -0.3 is 10.1 Å². The van der Waals surface area contributed by atoms with Gasteiger partial charge in [0.2, 0.25) is 0 Å². The first-order valence-corrected chi connectivity index (χ1v) is 8.90. The molecular weight excluding hydrogens is 346 g/mol. The molecule has 0 aliphatic carbocycles. The molecule has 26 heavy (non-hydrogen) atoms. The van der Waals surface area contributed by atoms with Gasteiger partial charge in [0.25, 0.3) is 5.91 Å². The number of amides is 1. The molecule has 0 fully saturated rings. The molecule has 0 bridgehead atoms. The van der Waals surface area contributed by atoms with Crippen molar-refractivity contribution in [1.82, 2.24) is 0 Å². The van der Waals surface area contributed by atoms with Gasteiger partial charge in [0, 0.05) is 10.7 Å². The van der Waals surface area contributed by atoms with Crippen molar-refractivity contribution in [2.45, 2.75) is 20.0 Å². The Labute approximate surface area is 158 Å². The Morgan fingerprint density at radius 2 is 1.69 bits per heavy atom. The van der Waals surface area contributed by atoms with Crippen LogP contribution in [0.1, 0.15) is 28.4 Å². The fourth-order valence-corrected chi connectivity index (χ4v) is 2.74. The number of carbonyl (C=O) groups is 1. The molecule has 0 radical (unpaired) electrons. The van der Waals surface area contributed by atoms with Crippen LogP contribution in [0.25, 0.3) is 0 Å². The zero-order valence-corrected chi connectivity index (χ0v) is 15.3. The van der Waals surface area contributed by atoms with Crippen LogP contribution in [0, 0.1) is 0 Å². The van der Waals surface area contributed by atoms with Gasteiger partial charge in [-0.3, -0.25) is 4.79 Å². The van der Waals surface area contributed by atoms with Gasteiger partial charge in [-0.15, -0.1) is 0 Å². The number of anilines is 1. The minimum Gasteiger partial charge on any atom is -0.488 e. The summed E-state index contributed by atoms with van der Waals surface area (Å²) in [5.74, 6) is 0.251. The summed E-state index contributed by atoms with van der Waals surface area (Å²) in [6, 6.07) is 22.7. The molecule has 3 rings (SSSR count). The van der Waals surface area contributed by atoms with Crippen molar-refractivity contribution in [3.8, 4) is 5.75 Å². The first kappa shape index (κ1) is 18.0. The quantitative estimate of drug-likeness (QED) is 0.605. The van der Waals surface area contributed by atoms with Crippen molar-refractivity contribution in [2.75, 3.05) is 5.32 Å². The number of carbonyl (C=O) groups excluding carboxylic acids is 1. The van der Waals surface area contributed by atoms with E-state index in [0.29, 0.717) is 22.9 Å². The molecular formula is C22H20ClNO2. The van der Waals surface area contributed by atoms with E-state index in [1.807, 2.05) is 54.6 Å². The fourth-order valence-electron chi connectivity index (χ4n) is 2.56. The summed E-state index contributed by atoms with van der Waals surface area (Å²) in [6.45, 7) is 2.48. The van der Waals surface area contributed by atoms with E-state index >= 15 is 0 Å². The molecule has 3 nitrogen and oxygen atoms in total. The van der Waals surface area contributed by atoms with Crippen LogP contribution in [0.3, 0.4) is 0 Å². The summed E-state index contributed by atoms with van der Waals surface area (Å²) in [5, 5.41) is 3.39. The largest absolute Gasteiger partial charge is 0.488 e. The number of hydrogen-bond acceptors (Lipinski definition) is 2. The third-order valence-corrected chi connectivity index (χ3v) is 4.28. The van der Waals surface area contributed by atoms with Gasteiger partial charge >= 0.3 is 0 Å². The number of aryl methyl sites for hydroxylation is 1. The van der Waals surface area contributed by atoms with Gasteiger partial charge in [0.05, 0.1) is 5.56 Å². The van der Waals surface area contributed by atoms with E-state index in [-0.39, 0.29) is 5.91 Å². The van der Waals surface area contributed by atoms with Crippen LogP contribution in [0.15, 0.2) is 72.8 Å². The van der Waals surface area contributed by atoms with Crippen molar-refractivity contribution < 1.29 is 9.53 Å².